The number of carbonyl (C=O) groups excluding carboxylic acids is 2. The van der Waals surface area contributed by atoms with Gasteiger partial charge in [0.05, 0.1) is 5.52 Å². The Morgan fingerprint density at radius 1 is 1.05 bits per heavy atom. The van der Waals surface area contributed by atoms with Crippen molar-refractivity contribution in [3.63, 3.8) is 0 Å². The predicted octanol–water partition coefficient (Wildman–Crippen LogP) is 4.61. The van der Waals surface area contributed by atoms with Gasteiger partial charge in [0.1, 0.15) is 5.82 Å². The Kier molecular flexibility index (Phi) is 10.6. The lowest BCUT2D eigenvalue weighted by atomic mass is 10.1. The zero-order valence-corrected chi connectivity index (χ0v) is 21.7. The lowest BCUT2D eigenvalue weighted by Gasteiger charge is -2.37. The molecule has 0 aliphatic carbocycles. The molecular weight excluding hydrogens is 479 g/mol. The molecular formula is C27H37FN4O5. The number of hydrogen-bond acceptors (Lipinski definition) is 7. The maximum absolute atomic E-state index is 14.1. The second-order valence-corrected chi connectivity index (χ2v) is 9.39. The molecule has 9 nitrogen and oxygen atoms in total. The summed E-state index contributed by atoms with van der Waals surface area (Å²) >= 11 is 0. The third-order valence-electron chi connectivity index (χ3n) is 6.63. The molecule has 0 bridgehead atoms. The standard InChI is InChI=1S/C27H37FN4O5/c1-3-4-5-6-7-8-9-10-24(33)32-23-19-21(28)11-12-22(23)27(29-32)31-17-15-30(16-18-31)20(2)37-26(36)14-13-25(34)35/h11-14,19-20H,3-10,15-18H2,1-2H3,(H,34,35)/b14-13-. The van der Waals surface area contributed by atoms with Crippen LogP contribution in [0.25, 0.3) is 10.9 Å². The Hall–Kier alpha value is -3.27. The molecule has 0 amide bonds. The number of hydrogen-bond donors (Lipinski definition) is 1. The van der Waals surface area contributed by atoms with Gasteiger partial charge in [-0.15, -0.1) is 5.10 Å². The minimum Gasteiger partial charge on any atom is -0.478 e. The van der Waals surface area contributed by atoms with E-state index < -0.39 is 24.0 Å². The van der Waals surface area contributed by atoms with Crippen molar-refractivity contribution in [1.29, 1.82) is 0 Å². The van der Waals surface area contributed by atoms with Gasteiger partial charge < -0.3 is 14.7 Å². The first-order chi connectivity index (χ1) is 17.8. The van der Waals surface area contributed by atoms with Crippen LogP contribution in [0.5, 0.6) is 0 Å². The fraction of sp³-hybridized carbons (Fsp3) is 0.556. The predicted molar refractivity (Wildman–Crippen MR) is 139 cm³/mol. The molecule has 2 heterocycles. The van der Waals surface area contributed by atoms with Crippen LogP contribution < -0.4 is 4.90 Å². The summed E-state index contributed by atoms with van der Waals surface area (Å²) in [6.45, 7) is 6.20. The molecule has 1 aliphatic heterocycles. The van der Waals surface area contributed by atoms with Crippen molar-refractivity contribution in [2.45, 2.75) is 71.4 Å². The number of carboxylic acids is 1. The smallest absolute Gasteiger partial charge is 0.332 e. The minimum absolute atomic E-state index is 0.135. The number of rotatable bonds is 13. The van der Waals surface area contributed by atoms with Gasteiger partial charge >= 0.3 is 11.9 Å². The maximum Gasteiger partial charge on any atom is 0.332 e. The summed E-state index contributed by atoms with van der Waals surface area (Å²) in [6.07, 6.45) is 9.22. The Bertz CT molecular complexity index is 1110. The summed E-state index contributed by atoms with van der Waals surface area (Å²) in [5.41, 5.74) is 0.470. The number of halogens is 1. The molecule has 1 fully saturated rings. The maximum atomic E-state index is 14.1. The molecule has 0 spiro atoms. The summed E-state index contributed by atoms with van der Waals surface area (Å²) in [5.74, 6) is -1.85. The Morgan fingerprint density at radius 3 is 2.41 bits per heavy atom. The van der Waals surface area contributed by atoms with Crippen LogP contribution in [0.4, 0.5) is 10.2 Å². The van der Waals surface area contributed by atoms with Crippen molar-refractivity contribution in [3.8, 4) is 0 Å². The van der Waals surface area contributed by atoms with E-state index in [0.717, 1.165) is 36.8 Å². The topological polar surface area (TPSA) is 105 Å². The molecule has 1 saturated heterocycles. The van der Waals surface area contributed by atoms with Gasteiger partial charge in [-0.3, -0.25) is 9.69 Å². The van der Waals surface area contributed by atoms with E-state index in [4.69, 9.17) is 9.84 Å². The number of ether oxygens (including phenoxy) is 1. The van der Waals surface area contributed by atoms with Gasteiger partial charge in [0.2, 0.25) is 5.91 Å². The second-order valence-electron chi connectivity index (χ2n) is 9.39. The van der Waals surface area contributed by atoms with Crippen LogP contribution in [0.1, 0.15) is 70.0 Å². The number of carboxylic acid groups (broad SMARTS) is 1. The third-order valence-corrected chi connectivity index (χ3v) is 6.63. The fourth-order valence-electron chi connectivity index (χ4n) is 4.55. The van der Waals surface area contributed by atoms with Gasteiger partial charge in [0.25, 0.3) is 0 Å². The third kappa shape index (κ3) is 8.11. The van der Waals surface area contributed by atoms with Crippen molar-refractivity contribution in [3.05, 3.63) is 36.2 Å². The largest absolute Gasteiger partial charge is 0.478 e. The quantitative estimate of drug-likeness (QED) is 0.234. The first kappa shape index (κ1) is 28.3. The molecule has 1 unspecified atom stereocenters. The number of nitrogens with zero attached hydrogens (tertiary/aromatic N) is 4. The van der Waals surface area contributed by atoms with Gasteiger partial charge in [-0.1, -0.05) is 45.4 Å². The van der Waals surface area contributed by atoms with Crippen LogP contribution in [-0.2, 0) is 14.3 Å². The van der Waals surface area contributed by atoms with Gasteiger partial charge in [0, 0.05) is 56.2 Å². The highest BCUT2D eigenvalue weighted by Gasteiger charge is 2.27. The Morgan fingerprint density at radius 2 is 1.73 bits per heavy atom. The van der Waals surface area contributed by atoms with E-state index in [1.165, 1.54) is 42.5 Å². The number of unbranched alkanes of at least 4 members (excludes halogenated alkanes) is 6. The van der Waals surface area contributed by atoms with Crippen molar-refractivity contribution in [2.75, 3.05) is 31.1 Å². The van der Waals surface area contributed by atoms with Crippen LogP contribution >= 0.6 is 0 Å². The van der Waals surface area contributed by atoms with Gasteiger partial charge in [0.15, 0.2) is 12.0 Å². The lowest BCUT2D eigenvalue weighted by Crippen LogP contribution is -2.50. The Labute approximate surface area is 216 Å². The fourth-order valence-corrected chi connectivity index (χ4v) is 4.55. The lowest BCUT2D eigenvalue weighted by molar-refractivity contribution is -0.152. The number of piperazine rings is 1. The van der Waals surface area contributed by atoms with Crippen molar-refractivity contribution in [1.82, 2.24) is 14.7 Å². The van der Waals surface area contributed by atoms with Gasteiger partial charge in [-0.2, -0.15) is 4.68 Å². The van der Waals surface area contributed by atoms with Crippen molar-refractivity contribution >= 4 is 34.6 Å². The van der Waals surface area contributed by atoms with E-state index in [1.54, 1.807) is 13.0 Å². The molecule has 0 radical (unpaired) electrons. The van der Waals surface area contributed by atoms with E-state index in [0.29, 0.717) is 43.9 Å². The number of aromatic nitrogens is 2. The highest BCUT2D eigenvalue weighted by Crippen LogP contribution is 2.28. The van der Waals surface area contributed by atoms with E-state index >= 15 is 0 Å². The van der Waals surface area contributed by atoms with Crippen molar-refractivity contribution < 1.29 is 28.6 Å². The molecule has 1 atom stereocenters. The first-order valence-corrected chi connectivity index (χ1v) is 13.1. The summed E-state index contributed by atoms with van der Waals surface area (Å²) < 4.78 is 20.7. The monoisotopic (exact) mass is 516 g/mol. The molecule has 1 aromatic carbocycles. The zero-order valence-electron chi connectivity index (χ0n) is 21.7. The van der Waals surface area contributed by atoms with Crippen LogP contribution in [-0.4, -0.2) is 70.0 Å². The van der Waals surface area contributed by atoms with Gasteiger partial charge in [-0.25, -0.2) is 14.0 Å². The Balaban J connectivity index is 1.61. The number of carbonyl (C=O) groups is 3. The van der Waals surface area contributed by atoms with Crippen LogP contribution in [0, 0.1) is 5.82 Å². The average molecular weight is 517 g/mol. The summed E-state index contributed by atoms with van der Waals surface area (Å²) in [6, 6.07) is 4.40. The normalized spacial score (nSPS) is 15.4. The summed E-state index contributed by atoms with van der Waals surface area (Å²) in [5, 5.41) is 14.0. The minimum atomic E-state index is -1.22. The van der Waals surface area contributed by atoms with Crippen LogP contribution in [0.3, 0.4) is 0 Å². The number of benzene rings is 1. The zero-order chi connectivity index (χ0) is 26.8. The highest BCUT2D eigenvalue weighted by molar-refractivity contribution is 5.97. The van der Waals surface area contributed by atoms with E-state index in [1.807, 2.05) is 9.80 Å². The number of fused-ring (bicyclic) bond motifs is 1. The van der Waals surface area contributed by atoms with Crippen LogP contribution in [0.15, 0.2) is 30.4 Å². The molecule has 1 N–H and O–H groups in total. The number of esters is 1. The number of aliphatic carboxylic acids is 1. The summed E-state index contributed by atoms with van der Waals surface area (Å²) in [7, 11) is 0. The summed E-state index contributed by atoms with van der Waals surface area (Å²) in [4.78, 5) is 39.4. The van der Waals surface area contributed by atoms with Crippen molar-refractivity contribution in [2.24, 2.45) is 0 Å². The molecule has 37 heavy (non-hydrogen) atoms. The van der Waals surface area contributed by atoms with E-state index in [-0.39, 0.29) is 5.91 Å². The molecule has 10 heteroatoms. The highest BCUT2D eigenvalue weighted by atomic mass is 19.1. The molecule has 3 rings (SSSR count). The molecule has 202 valence electrons. The molecule has 2 aromatic rings. The second kappa shape index (κ2) is 13.9. The van der Waals surface area contributed by atoms with E-state index in [2.05, 4.69) is 12.0 Å². The van der Waals surface area contributed by atoms with Gasteiger partial charge in [-0.05, 0) is 25.5 Å². The SMILES string of the molecule is CCCCCCCCCC(=O)n1nc(N2CCN(C(C)OC(=O)/C=C\C(=O)O)CC2)c2ccc(F)cc21. The average Bonchev–Trinajstić information content (AvgIpc) is 3.25. The first-order valence-electron chi connectivity index (χ1n) is 13.1. The number of anilines is 1. The van der Waals surface area contributed by atoms with E-state index in [9.17, 15) is 18.8 Å². The molecule has 1 aliphatic rings. The molecule has 1 aromatic heterocycles. The van der Waals surface area contributed by atoms with Crippen LogP contribution in [0.2, 0.25) is 0 Å². The molecule has 0 saturated carbocycles.